The molecule has 3 aromatic rings. The molecule has 18 heteroatoms. The van der Waals surface area contributed by atoms with Crippen molar-refractivity contribution in [1.29, 1.82) is 0 Å². The molecule has 0 saturated heterocycles. The fourth-order valence-electron chi connectivity index (χ4n) is 3.23. The lowest BCUT2D eigenvalue weighted by atomic mass is 9.95. The van der Waals surface area contributed by atoms with Gasteiger partial charge in [-0.05, 0) is 62.2 Å². The summed E-state index contributed by atoms with van der Waals surface area (Å²) in [6, 6.07) is 5.49. The van der Waals surface area contributed by atoms with Crippen LogP contribution in [0.15, 0.2) is 58.0 Å². The molecule has 3 rings (SSSR count). The van der Waals surface area contributed by atoms with E-state index in [2.05, 4.69) is 15.9 Å². The quantitative estimate of drug-likeness (QED) is 0.142. The summed E-state index contributed by atoms with van der Waals surface area (Å²) in [6.45, 7) is 0. The molecule has 38 heavy (non-hydrogen) atoms. The summed E-state index contributed by atoms with van der Waals surface area (Å²) in [6.07, 6.45) is -5.40. The fraction of sp³-hybridized carbons (Fsp3) is 0.200. The predicted octanol–water partition coefficient (Wildman–Crippen LogP) is 6.50. The Labute approximate surface area is 223 Å². The molecule has 0 aliphatic carbocycles. The Morgan fingerprint density at radius 1 is 0.947 bits per heavy atom. The lowest BCUT2D eigenvalue weighted by molar-refractivity contribution is -0.577. The van der Waals surface area contributed by atoms with Gasteiger partial charge in [-0.1, -0.05) is 0 Å². The van der Waals surface area contributed by atoms with Crippen molar-refractivity contribution in [3.8, 4) is 0 Å². The number of pyridine rings is 1. The summed E-state index contributed by atoms with van der Waals surface area (Å²) in [5.74, 6) is -1.35. The Bertz CT molecular complexity index is 1520. The number of hydrogen-bond acceptors (Lipinski definition) is 4. The highest BCUT2D eigenvalue weighted by atomic mass is 79.9. The molecule has 1 amide bonds. The van der Waals surface area contributed by atoms with Crippen LogP contribution in [0.4, 0.5) is 45.2 Å². The normalized spacial score (nSPS) is 14.8. The van der Waals surface area contributed by atoms with Gasteiger partial charge in [0.25, 0.3) is 15.7 Å². The number of rotatable bonds is 5. The maximum atomic E-state index is 14.9. The third-order valence-electron chi connectivity index (χ3n) is 5.09. The molecule has 1 unspecified atom stereocenters. The maximum Gasteiger partial charge on any atom is 0.501 e. The first kappa shape index (κ1) is 29.9. The van der Waals surface area contributed by atoms with Gasteiger partial charge in [0.1, 0.15) is 4.90 Å². The molecule has 0 aliphatic rings. The van der Waals surface area contributed by atoms with Crippen LogP contribution in [0.25, 0.3) is 10.9 Å². The minimum Gasteiger partial charge on any atom is -0.618 e. The summed E-state index contributed by atoms with van der Waals surface area (Å²) in [4.78, 5) is 5.12. The summed E-state index contributed by atoms with van der Waals surface area (Å²) >= 11 is 3.66. The van der Waals surface area contributed by atoms with Crippen molar-refractivity contribution in [2.75, 3.05) is 5.32 Å². The Morgan fingerprint density at radius 3 is 2.08 bits per heavy atom. The summed E-state index contributed by atoms with van der Waals surface area (Å²) in [5, 5.41) is 14.0. The van der Waals surface area contributed by atoms with Gasteiger partial charge in [-0.3, -0.25) is 4.79 Å². The number of fused-ring (bicyclic) bond motifs is 1. The van der Waals surface area contributed by atoms with E-state index in [1.807, 2.05) is 0 Å². The van der Waals surface area contributed by atoms with Gasteiger partial charge in [0.15, 0.2) is 6.20 Å². The summed E-state index contributed by atoms with van der Waals surface area (Å²) in [5.41, 5.74) is -16.0. The molecule has 0 radical (unpaired) electrons. The number of anilines is 1. The van der Waals surface area contributed by atoms with E-state index in [1.54, 1.807) is 5.32 Å². The van der Waals surface area contributed by atoms with Crippen molar-refractivity contribution in [3.05, 3.63) is 69.5 Å². The predicted molar refractivity (Wildman–Crippen MR) is 121 cm³/mol. The van der Waals surface area contributed by atoms with E-state index in [1.165, 1.54) is 34.1 Å². The molecule has 206 valence electrons. The first-order valence-electron chi connectivity index (χ1n) is 9.54. The third-order valence-corrected chi connectivity index (χ3v) is 7.78. The van der Waals surface area contributed by atoms with E-state index >= 15 is 0 Å². The molecule has 1 N–H and O–H groups in total. The molecule has 1 heterocycles. The Kier molecular flexibility index (Phi) is 7.52. The van der Waals surface area contributed by atoms with Crippen LogP contribution in [-0.4, -0.2) is 30.8 Å². The average Bonchev–Trinajstić information content (AvgIpc) is 2.77. The van der Waals surface area contributed by atoms with Gasteiger partial charge >= 0.3 is 22.2 Å². The molecule has 6 nitrogen and oxygen atoms in total. The Hall–Kier alpha value is -2.60. The first-order valence-corrected chi connectivity index (χ1v) is 12.6. The van der Waals surface area contributed by atoms with Gasteiger partial charge in [-0.2, -0.15) is 39.9 Å². The average molecular weight is 704 g/mol. The zero-order chi connectivity index (χ0) is 29.1. The Balaban J connectivity index is 2.27. The molecular formula is C20H9Br2F9N2O4S. The molecule has 0 bridgehead atoms. The van der Waals surface area contributed by atoms with E-state index in [0.717, 1.165) is 18.3 Å². The monoisotopic (exact) mass is 702 g/mol. The van der Waals surface area contributed by atoms with E-state index in [9.17, 15) is 57.9 Å². The maximum absolute atomic E-state index is 14.9. The fourth-order valence-corrected chi connectivity index (χ4v) is 5.34. The van der Waals surface area contributed by atoms with Crippen LogP contribution in [0.1, 0.15) is 15.9 Å². The zero-order valence-corrected chi connectivity index (χ0v) is 21.8. The number of alkyl halides is 10. The van der Waals surface area contributed by atoms with Gasteiger partial charge < -0.3 is 10.5 Å². The van der Waals surface area contributed by atoms with Crippen molar-refractivity contribution in [1.82, 2.24) is 0 Å². The second-order valence-electron chi connectivity index (χ2n) is 7.50. The minimum absolute atomic E-state index is 0.0559. The lowest BCUT2D eigenvalue weighted by Gasteiger charge is -2.32. The molecule has 2 aromatic carbocycles. The summed E-state index contributed by atoms with van der Waals surface area (Å²) in [7, 11) is -6.67. The van der Waals surface area contributed by atoms with E-state index in [0.29, 0.717) is 10.1 Å². The number of amides is 1. The molecule has 0 fully saturated rings. The van der Waals surface area contributed by atoms with Gasteiger partial charge in [0, 0.05) is 33.1 Å². The van der Waals surface area contributed by atoms with Crippen LogP contribution < -0.4 is 10.0 Å². The number of sulfone groups is 1. The smallest absolute Gasteiger partial charge is 0.501 e. The van der Waals surface area contributed by atoms with Crippen LogP contribution in [-0.2, 0) is 15.5 Å². The van der Waals surface area contributed by atoms with Crippen LogP contribution in [0, 0.1) is 5.21 Å². The molecular weight excluding hydrogens is 695 g/mol. The van der Waals surface area contributed by atoms with E-state index < -0.39 is 70.2 Å². The van der Waals surface area contributed by atoms with Crippen LogP contribution in [0.2, 0.25) is 0 Å². The SMILES string of the molecule is O=C(Nc1c(Br)cc(C(F)(C(F)(F)F)C(F)(F)Br)cc1S(=O)(=O)C(F)(F)F)c1ccc2ccc[n+]([O-])c2c1. The topological polar surface area (TPSA) is 90.2 Å². The van der Waals surface area contributed by atoms with Crippen LogP contribution >= 0.6 is 31.9 Å². The second-order valence-corrected chi connectivity index (χ2v) is 11.3. The van der Waals surface area contributed by atoms with E-state index in [4.69, 9.17) is 0 Å². The lowest BCUT2D eigenvalue weighted by Crippen LogP contribution is -2.49. The summed E-state index contributed by atoms with van der Waals surface area (Å²) < 4.78 is 146. The number of hydrogen-bond donors (Lipinski definition) is 1. The second kappa shape index (κ2) is 9.55. The van der Waals surface area contributed by atoms with Gasteiger partial charge in [0.2, 0.25) is 5.52 Å². The van der Waals surface area contributed by atoms with Gasteiger partial charge in [-0.15, -0.1) is 0 Å². The zero-order valence-electron chi connectivity index (χ0n) is 17.8. The third kappa shape index (κ3) is 5.04. The van der Waals surface area contributed by atoms with Crippen molar-refractivity contribution in [3.63, 3.8) is 0 Å². The highest BCUT2D eigenvalue weighted by Gasteiger charge is 2.71. The molecule has 0 saturated carbocycles. The number of halogens is 11. The number of nitrogens with one attached hydrogen (secondary N) is 1. The molecule has 0 aliphatic heterocycles. The van der Waals surface area contributed by atoms with Crippen molar-refractivity contribution in [2.24, 2.45) is 0 Å². The van der Waals surface area contributed by atoms with Crippen LogP contribution in [0.3, 0.4) is 0 Å². The number of nitrogens with zero attached hydrogens (tertiary/aromatic N) is 1. The highest BCUT2D eigenvalue weighted by Crippen LogP contribution is 2.56. The molecule has 1 aromatic heterocycles. The number of aromatic nitrogens is 1. The molecule has 0 spiro atoms. The highest BCUT2D eigenvalue weighted by molar-refractivity contribution is 9.10. The van der Waals surface area contributed by atoms with Crippen molar-refractivity contribution >= 4 is 64.2 Å². The first-order chi connectivity index (χ1) is 17.1. The minimum atomic E-state index is -6.67. The van der Waals surface area contributed by atoms with E-state index in [-0.39, 0.29) is 11.6 Å². The number of benzene rings is 2. The van der Waals surface area contributed by atoms with Crippen LogP contribution in [0.5, 0.6) is 0 Å². The Morgan fingerprint density at radius 2 is 1.55 bits per heavy atom. The molecule has 1 atom stereocenters. The van der Waals surface area contributed by atoms with Gasteiger partial charge in [-0.25, -0.2) is 12.8 Å². The number of carbonyl (C=O) groups excluding carboxylic acids is 1. The van der Waals surface area contributed by atoms with Crippen molar-refractivity contribution < 1.29 is 57.5 Å². The van der Waals surface area contributed by atoms with Crippen molar-refractivity contribution in [2.45, 2.75) is 27.1 Å². The van der Waals surface area contributed by atoms with Gasteiger partial charge in [0.05, 0.1) is 5.69 Å². The number of carbonyl (C=O) groups is 1. The largest absolute Gasteiger partial charge is 0.618 e. The standard InChI is InChI=1S/C20H9Br2F9N2O4S/c21-12-7-11(17(23,18(22,24)25)19(26,27)28)8-14(38(36,37)20(29,30)31)15(12)32-16(34)10-4-3-9-2-1-5-33(35)13(9)6-10/h1-8H,(H,32,34).